The summed E-state index contributed by atoms with van der Waals surface area (Å²) in [6, 6.07) is 5.67. The first-order valence-corrected chi connectivity index (χ1v) is 3.76. The van der Waals surface area contributed by atoms with Gasteiger partial charge in [0.1, 0.15) is 11.8 Å². The number of nitrogens with one attached hydrogen (secondary N) is 1. The maximum absolute atomic E-state index is 8.77. The topological polar surface area (TPSA) is 65.4 Å². The zero-order valence-corrected chi connectivity index (χ0v) is 7.95. The molecule has 0 bridgehead atoms. The van der Waals surface area contributed by atoms with Crippen molar-refractivity contribution in [3.8, 4) is 17.2 Å². The van der Waals surface area contributed by atoms with E-state index in [9.17, 15) is 0 Å². The number of nitrogens with zero attached hydrogens (tertiary/aromatic N) is 3. The molecule has 0 aliphatic heterocycles. The predicted molar refractivity (Wildman–Crippen MR) is 53.8 cm³/mol. The van der Waals surface area contributed by atoms with Gasteiger partial charge in [0.05, 0.1) is 6.20 Å². The molecule has 4 nitrogen and oxygen atoms in total. The number of rotatable bonds is 1. The van der Waals surface area contributed by atoms with Gasteiger partial charge in [0.15, 0.2) is 0 Å². The van der Waals surface area contributed by atoms with Crippen LogP contribution in [0.15, 0.2) is 30.7 Å². The second kappa shape index (κ2) is 4.40. The molecule has 0 aromatic carbocycles. The molecule has 0 atom stereocenters. The minimum Gasteiger partial charge on any atom is -0.285 e. The third-order valence-electron chi connectivity index (χ3n) is 1.72. The Bertz CT molecular complexity index is 444. The molecular formula is C9H7ClN4. The van der Waals surface area contributed by atoms with E-state index in [1.165, 1.54) is 0 Å². The van der Waals surface area contributed by atoms with Gasteiger partial charge >= 0.3 is 0 Å². The summed E-state index contributed by atoms with van der Waals surface area (Å²) in [5.74, 6) is 0. The fraction of sp³-hybridized carbons (Fsp3) is 0. The van der Waals surface area contributed by atoms with Gasteiger partial charge < -0.3 is 0 Å². The van der Waals surface area contributed by atoms with Gasteiger partial charge in [-0.1, -0.05) is 0 Å². The van der Waals surface area contributed by atoms with E-state index in [4.69, 9.17) is 5.26 Å². The molecule has 0 spiro atoms. The van der Waals surface area contributed by atoms with Gasteiger partial charge in [0.2, 0.25) is 0 Å². The molecule has 1 N–H and O–H groups in total. The molecule has 2 rings (SSSR count). The highest BCUT2D eigenvalue weighted by atomic mass is 35.5. The molecule has 0 fully saturated rings. The van der Waals surface area contributed by atoms with Crippen molar-refractivity contribution in [3.05, 3.63) is 36.4 Å². The molecule has 0 radical (unpaired) electrons. The third-order valence-corrected chi connectivity index (χ3v) is 1.72. The summed E-state index contributed by atoms with van der Waals surface area (Å²) in [7, 11) is 0. The third kappa shape index (κ3) is 1.73. The van der Waals surface area contributed by atoms with Crippen LogP contribution in [-0.2, 0) is 0 Å². The quantitative estimate of drug-likeness (QED) is 0.773. The van der Waals surface area contributed by atoms with E-state index >= 15 is 0 Å². The molecule has 5 heteroatoms. The molecule has 0 aliphatic carbocycles. The van der Waals surface area contributed by atoms with E-state index in [1.807, 2.05) is 12.1 Å². The minimum atomic E-state index is 0. The monoisotopic (exact) mass is 206 g/mol. The fourth-order valence-electron chi connectivity index (χ4n) is 1.13. The number of aromatic nitrogens is 3. The van der Waals surface area contributed by atoms with Crippen molar-refractivity contribution >= 4 is 12.4 Å². The van der Waals surface area contributed by atoms with E-state index in [2.05, 4.69) is 15.2 Å². The largest absolute Gasteiger partial charge is 0.285 e. The molecule has 0 saturated heterocycles. The van der Waals surface area contributed by atoms with Crippen molar-refractivity contribution in [3.63, 3.8) is 0 Å². The van der Waals surface area contributed by atoms with Crippen molar-refractivity contribution in [1.82, 2.24) is 15.2 Å². The molecule has 0 aliphatic rings. The van der Waals surface area contributed by atoms with Gasteiger partial charge in [-0.3, -0.25) is 5.10 Å². The van der Waals surface area contributed by atoms with Crippen LogP contribution < -0.4 is 0 Å². The van der Waals surface area contributed by atoms with Crippen LogP contribution in [0.2, 0.25) is 0 Å². The lowest BCUT2D eigenvalue weighted by Gasteiger charge is -1.96. The molecule has 2 aromatic heterocycles. The van der Waals surface area contributed by atoms with E-state index in [1.54, 1.807) is 24.7 Å². The zero-order valence-electron chi connectivity index (χ0n) is 7.14. The number of aromatic amines is 1. The van der Waals surface area contributed by atoms with E-state index in [0.717, 1.165) is 11.1 Å². The smallest absolute Gasteiger partial charge is 0.148 e. The zero-order chi connectivity index (χ0) is 9.10. The number of pyridine rings is 1. The SMILES string of the molecule is Cl.N#Cc1ncccc1-c1cn[nH]c1. The maximum atomic E-state index is 8.77. The summed E-state index contributed by atoms with van der Waals surface area (Å²) in [6.07, 6.45) is 5.00. The second-order valence-electron chi connectivity index (χ2n) is 2.50. The number of nitriles is 1. The van der Waals surface area contributed by atoms with Gasteiger partial charge in [-0.25, -0.2) is 4.98 Å². The van der Waals surface area contributed by atoms with E-state index in [0.29, 0.717) is 5.69 Å². The molecule has 0 saturated carbocycles. The highest BCUT2D eigenvalue weighted by Gasteiger charge is 2.04. The van der Waals surface area contributed by atoms with Crippen molar-refractivity contribution in [2.24, 2.45) is 0 Å². The Hall–Kier alpha value is -1.86. The minimum absolute atomic E-state index is 0. The van der Waals surface area contributed by atoms with Crippen molar-refractivity contribution in [1.29, 1.82) is 5.26 Å². The Morgan fingerprint density at radius 2 is 2.29 bits per heavy atom. The van der Waals surface area contributed by atoms with Crippen LogP contribution in [0.4, 0.5) is 0 Å². The average molecular weight is 207 g/mol. The van der Waals surface area contributed by atoms with E-state index in [-0.39, 0.29) is 12.4 Å². The number of hydrogen-bond acceptors (Lipinski definition) is 3. The standard InChI is InChI=1S/C9H6N4.ClH/c10-4-9-8(2-1-3-11-9)7-5-12-13-6-7;/h1-3,5-6H,(H,12,13);1H. The lowest BCUT2D eigenvalue weighted by molar-refractivity contribution is 1.09. The highest BCUT2D eigenvalue weighted by Crippen LogP contribution is 2.19. The van der Waals surface area contributed by atoms with Gasteiger partial charge in [-0.15, -0.1) is 12.4 Å². The van der Waals surface area contributed by atoms with Gasteiger partial charge in [0, 0.05) is 23.5 Å². The Morgan fingerprint density at radius 1 is 1.43 bits per heavy atom. The molecule has 0 amide bonds. The molecule has 0 unspecified atom stereocenters. The van der Waals surface area contributed by atoms with Crippen LogP contribution in [0.3, 0.4) is 0 Å². The normalized spacial score (nSPS) is 8.79. The Kier molecular flexibility index (Phi) is 3.21. The molecule has 14 heavy (non-hydrogen) atoms. The molecule has 70 valence electrons. The number of H-pyrrole nitrogens is 1. The summed E-state index contributed by atoms with van der Waals surface area (Å²) in [5.41, 5.74) is 2.10. The summed E-state index contributed by atoms with van der Waals surface area (Å²) >= 11 is 0. The van der Waals surface area contributed by atoms with Crippen LogP contribution in [-0.4, -0.2) is 15.2 Å². The first-order valence-electron chi connectivity index (χ1n) is 3.76. The molecular weight excluding hydrogens is 200 g/mol. The van der Waals surface area contributed by atoms with Crippen LogP contribution in [0.5, 0.6) is 0 Å². The molecule has 2 heterocycles. The van der Waals surface area contributed by atoms with Gasteiger partial charge in [-0.2, -0.15) is 10.4 Å². The fourth-order valence-corrected chi connectivity index (χ4v) is 1.13. The Labute approximate surface area is 87.0 Å². The van der Waals surface area contributed by atoms with E-state index < -0.39 is 0 Å². The van der Waals surface area contributed by atoms with Crippen LogP contribution in [0, 0.1) is 11.3 Å². The summed E-state index contributed by atoms with van der Waals surface area (Å²) in [5, 5.41) is 15.3. The van der Waals surface area contributed by atoms with Crippen molar-refractivity contribution in [2.75, 3.05) is 0 Å². The summed E-state index contributed by atoms with van der Waals surface area (Å²) < 4.78 is 0. The second-order valence-corrected chi connectivity index (χ2v) is 2.50. The lowest BCUT2D eigenvalue weighted by atomic mass is 10.1. The summed E-state index contributed by atoms with van der Waals surface area (Å²) in [4.78, 5) is 3.95. The number of hydrogen-bond donors (Lipinski definition) is 1. The first kappa shape index (κ1) is 10.2. The average Bonchev–Trinajstić information content (AvgIpc) is 2.70. The summed E-state index contributed by atoms with van der Waals surface area (Å²) in [6.45, 7) is 0. The van der Waals surface area contributed by atoms with Crippen LogP contribution in [0.1, 0.15) is 5.69 Å². The Morgan fingerprint density at radius 3 is 2.93 bits per heavy atom. The van der Waals surface area contributed by atoms with Gasteiger partial charge in [0.25, 0.3) is 0 Å². The van der Waals surface area contributed by atoms with Crippen molar-refractivity contribution in [2.45, 2.75) is 0 Å². The van der Waals surface area contributed by atoms with Crippen LogP contribution >= 0.6 is 12.4 Å². The van der Waals surface area contributed by atoms with Crippen LogP contribution in [0.25, 0.3) is 11.1 Å². The predicted octanol–water partition coefficient (Wildman–Crippen LogP) is 1.77. The van der Waals surface area contributed by atoms with Gasteiger partial charge in [-0.05, 0) is 12.1 Å². The molecule has 2 aromatic rings. The lowest BCUT2D eigenvalue weighted by Crippen LogP contribution is -1.85. The van der Waals surface area contributed by atoms with Crippen molar-refractivity contribution < 1.29 is 0 Å². The first-order chi connectivity index (χ1) is 6.42. The maximum Gasteiger partial charge on any atom is 0.148 e. The Balaban J connectivity index is 0.000000980. The number of halogens is 1. The highest BCUT2D eigenvalue weighted by molar-refractivity contribution is 5.85.